The molecule has 1 aromatic heterocycles. The molecule has 9 nitrogen and oxygen atoms in total. The Morgan fingerprint density at radius 2 is 1.59 bits per heavy atom. The van der Waals surface area contributed by atoms with Crippen LogP contribution in [0.4, 0.5) is 0 Å². The van der Waals surface area contributed by atoms with E-state index in [2.05, 4.69) is 10.6 Å². The zero-order valence-electron chi connectivity index (χ0n) is 25.4. The molecule has 3 atom stereocenters. The number of thioether (sulfide) groups is 1. The van der Waals surface area contributed by atoms with E-state index in [9.17, 15) is 19.6 Å². The molecule has 11 heteroatoms. The van der Waals surface area contributed by atoms with Crippen LogP contribution in [0, 0.1) is 28.6 Å². The summed E-state index contributed by atoms with van der Waals surface area (Å²) in [5.74, 6) is -2.41. The van der Waals surface area contributed by atoms with E-state index in [0.717, 1.165) is 4.21 Å². The van der Waals surface area contributed by atoms with E-state index in [4.69, 9.17) is 9.47 Å². The highest BCUT2D eigenvalue weighted by Gasteiger charge is 2.39. The van der Waals surface area contributed by atoms with Gasteiger partial charge in [0.05, 0.1) is 29.3 Å². The Balaban J connectivity index is 0.00000704. The van der Waals surface area contributed by atoms with Crippen LogP contribution in [0.2, 0.25) is 0 Å². The molecular formula is C28H51N3O6S2. The van der Waals surface area contributed by atoms with Gasteiger partial charge in [0.1, 0.15) is 6.04 Å². The van der Waals surface area contributed by atoms with Gasteiger partial charge in [-0.2, -0.15) is 0 Å². The molecule has 0 saturated carbocycles. The van der Waals surface area contributed by atoms with Gasteiger partial charge in [-0.15, -0.1) is 23.1 Å². The predicted octanol–water partition coefficient (Wildman–Crippen LogP) is 4.60. The summed E-state index contributed by atoms with van der Waals surface area (Å²) in [5, 5.41) is 17.3. The minimum atomic E-state index is -0.841. The highest BCUT2D eigenvalue weighted by Crippen LogP contribution is 2.31. The minimum Gasteiger partial charge on any atom is -0.384 e. The molecule has 0 unspecified atom stereocenters. The van der Waals surface area contributed by atoms with Crippen molar-refractivity contribution in [1.82, 2.24) is 16.1 Å². The van der Waals surface area contributed by atoms with Crippen molar-refractivity contribution >= 4 is 40.8 Å². The third kappa shape index (κ3) is 13.5. The van der Waals surface area contributed by atoms with E-state index >= 15 is 0 Å². The van der Waals surface area contributed by atoms with Gasteiger partial charge >= 0.3 is 0 Å². The van der Waals surface area contributed by atoms with Crippen molar-refractivity contribution in [3.05, 3.63) is 17.5 Å². The predicted molar refractivity (Wildman–Crippen MR) is 159 cm³/mol. The lowest BCUT2D eigenvalue weighted by Crippen LogP contribution is -2.57. The maximum absolute atomic E-state index is 13.7. The average molecular weight is 590 g/mol. The zero-order valence-corrected chi connectivity index (χ0v) is 27.0. The van der Waals surface area contributed by atoms with Gasteiger partial charge < -0.3 is 20.1 Å². The van der Waals surface area contributed by atoms with Crippen molar-refractivity contribution in [2.24, 2.45) is 28.6 Å². The molecular weight excluding hydrogens is 538 g/mol. The molecule has 4 N–H and O–H groups in total. The number of thiophene rings is 1. The van der Waals surface area contributed by atoms with Crippen LogP contribution in [-0.2, 0) is 23.9 Å². The molecule has 1 rings (SSSR count). The number of nitrogens with one attached hydrogen (secondary N) is 3. The molecule has 39 heavy (non-hydrogen) atoms. The van der Waals surface area contributed by atoms with Gasteiger partial charge in [0.15, 0.2) is 0 Å². The Morgan fingerprint density at radius 3 is 2.03 bits per heavy atom. The van der Waals surface area contributed by atoms with E-state index in [1.54, 1.807) is 31.0 Å². The largest absolute Gasteiger partial charge is 0.384 e. The summed E-state index contributed by atoms with van der Waals surface area (Å²) in [7, 11) is 3.19. The summed E-state index contributed by atoms with van der Waals surface area (Å²) in [5.41, 5.74) is 0.708. The van der Waals surface area contributed by atoms with Crippen molar-refractivity contribution in [3.8, 4) is 0 Å². The van der Waals surface area contributed by atoms with Crippen molar-refractivity contribution in [3.63, 3.8) is 0 Å². The van der Waals surface area contributed by atoms with Crippen LogP contribution < -0.4 is 16.1 Å². The molecule has 1 heterocycles. The van der Waals surface area contributed by atoms with Crippen LogP contribution in [0.15, 0.2) is 21.7 Å². The first-order chi connectivity index (χ1) is 18.3. The number of amides is 3. The third-order valence-corrected chi connectivity index (χ3v) is 8.24. The van der Waals surface area contributed by atoms with Crippen LogP contribution >= 0.6 is 23.1 Å². The molecule has 1 aromatic rings. The van der Waals surface area contributed by atoms with Crippen molar-refractivity contribution in [1.29, 1.82) is 0 Å². The Morgan fingerprint density at radius 1 is 1.00 bits per heavy atom. The number of methoxy groups -OCH3 is 2. The monoisotopic (exact) mass is 589 g/mol. The Kier molecular flexibility index (Phi) is 17.8. The Hall–Kier alpha value is -1.66. The van der Waals surface area contributed by atoms with Crippen LogP contribution in [0.5, 0.6) is 0 Å². The summed E-state index contributed by atoms with van der Waals surface area (Å²) >= 11 is 3.01. The number of carbonyl (C=O) groups excluding carboxylic acids is 3. The summed E-state index contributed by atoms with van der Waals surface area (Å²) in [6.07, 6.45) is 0.424. The highest BCUT2D eigenvalue weighted by molar-refractivity contribution is 8.01. The zero-order chi connectivity index (χ0) is 30.2. The molecule has 0 radical (unpaired) electrons. The molecule has 0 spiro atoms. The number of hydrogen-bond acceptors (Lipinski definition) is 8. The molecule has 3 amide bonds. The quantitative estimate of drug-likeness (QED) is 0.126. The Bertz CT molecular complexity index is 837. The lowest BCUT2D eigenvalue weighted by molar-refractivity contribution is -0.141. The minimum absolute atomic E-state index is 0.113. The SMILES string of the molecule is CC.COCC(C)(CNC(=O)[C@@H](NC(=O)[C@H](CC(C)C)[C@H](CSc1cccs1)C(=O)NO)C(C)(C)C)COC. The Labute approximate surface area is 243 Å². The second kappa shape index (κ2) is 18.6. The molecule has 0 bridgehead atoms. The number of carbonyl (C=O) groups is 3. The molecule has 0 aromatic carbocycles. The third-order valence-electron chi connectivity index (χ3n) is 5.98. The topological polar surface area (TPSA) is 126 Å². The fourth-order valence-corrected chi connectivity index (χ4v) is 6.10. The highest BCUT2D eigenvalue weighted by atomic mass is 32.2. The molecule has 0 aliphatic heterocycles. The maximum atomic E-state index is 13.7. The van der Waals surface area contributed by atoms with E-state index in [1.807, 2.05) is 72.9 Å². The summed E-state index contributed by atoms with van der Waals surface area (Å²) in [4.78, 5) is 39.7. The molecule has 0 aliphatic carbocycles. The van der Waals surface area contributed by atoms with E-state index in [1.165, 1.54) is 11.8 Å². The van der Waals surface area contributed by atoms with Crippen LogP contribution in [0.25, 0.3) is 0 Å². The standard InChI is InChI=1S/C26H45N3O6S2.C2H6/c1-17(2)12-18(19(23(31)29-33)13-37-20-10-9-11-36-20)22(30)28-21(25(3,4)5)24(32)27-14-26(6,15-34-7)16-35-8;1-2/h9-11,17-19,21,33H,12-16H2,1-8H3,(H,27,32)(H,28,30)(H,29,31);1-2H3/t18-,19+,21-;/m1./s1. The van der Waals surface area contributed by atoms with Crippen molar-refractivity contribution < 1.29 is 29.1 Å². The lowest BCUT2D eigenvalue weighted by atomic mass is 9.82. The van der Waals surface area contributed by atoms with Crippen LogP contribution in [0.1, 0.15) is 61.8 Å². The molecule has 0 aliphatic rings. The van der Waals surface area contributed by atoms with Gasteiger partial charge in [-0.05, 0) is 29.2 Å². The molecule has 0 fully saturated rings. The number of hydrogen-bond donors (Lipinski definition) is 4. The second-order valence-corrected chi connectivity index (χ2v) is 13.5. The van der Waals surface area contributed by atoms with E-state index in [0.29, 0.717) is 31.9 Å². The summed E-state index contributed by atoms with van der Waals surface area (Å²) < 4.78 is 11.6. The van der Waals surface area contributed by atoms with Crippen molar-refractivity contribution in [2.45, 2.75) is 72.1 Å². The van der Waals surface area contributed by atoms with Crippen LogP contribution in [-0.4, -0.2) is 68.7 Å². The fourth-order valence-electron chi connectivity index (χ4n) is 4.10. The van der Waals surface area contributed by atoms with Crippen LogP contribution in [0.3, 0.4) is 0 Å². The average Bonchev–Trinajstić information content (AvgIpc) is 3.39. The van der Waals surface area contributed by atoms with E-state index < -0.39 is 34.6 Å². The molecule has 0 saturated heterocycles. The maximum Gasteiger partial charge on any atom is 0.248 e. The summed E-state index contributed by atoms with van der Waals surface area (Å²) in [6, 6.07) is 3.03. The second-order valence-electron chi connectivity index (χ2n) is 11.3. The smallest absolute Gasteiger partial charge is 0.248 e. The van der Waals surface area contributed by atoms with Gasteiger partial charge in [0.2, 0.25) is 17.7 Å². The van der Waals surface area contributed by atoms with E-state index in [-0.39, 0.29) is 17.7 Å². The normalized spacial score (nSPS) is 14.1. The number of ether oxygens (including phenoxy) is 2. The first kappa shape index (κ1) is 37.3. The number of hydroxylamine groups is 1. The van der Waals surface area contributed by atoms with Gasteiger partial charge in [0.25, 0.3) is 0 Å². The first-order valence-corrected chi connectivity index (χ1v) is 15.3. The van der Waals surface area contributed by atoms with Gasteiger partial charge in [-0.1, -0.05) is 61.5 Å². The molecule has 226 valence electrons. The van der Waals surface area contributed by atoms with Gasteiger partial charge in [-0.3, -0.25) is 19.6 Å². The number of rotatable bonds is 16. The first-order valence-electron chi connectivity index (χ1n) is 13.4. The van der Waals surface area contributed by atoms with Gasteiger partial charge in [0, 0.05) is 31.9 Å². The summed E-state index contributed by atoms with van der Waals surface area (Å²) in [6.45, 7) is 16.6. The fraction of sp³-hybridized carbons (Fsp3) is 0.750. The lowest BCUT2D eigenvalue weighted by Gasteiger charge is -2.35. The van der Waals surface area contributed by atoms with Crippen molar-refractivity contribution in [2.75, 3.05) is 39.7 Å². The van der Waals surface area contributed by atoms with Gasteiger partial charge in [-0.25, -0.2) is 5.48 Å².